The molecular weight excluding hydrogens is 427 g/mol. The van der Waals surface area contributed by atoms with E-state index in [0.717, 1.165) is 37.8 Å². The predicted octanol–water partition coefficient (Wildman–Crippen LogP) is 5.74. The molecule has 0 atom stereocenters. The lowest BCUT2D eigenvalue weighted by atomic mass is 10.1. The average Bonchev–Trinajstić information content (AvgIpc) is 2.71. The molecule has 0 saturated carbocycles. The molecule has 9 heteroatoms. The predicted molar refractivity (Wildman–Crippen MR) is 119 cm³/mol. The Labute approximate surface area is 184 Å². The molecule has 2 aromatic carbocycles. The highest BCUT2D eigenvalue weighted by molar-refractivity contribution is 7.80. The van der Waals surface area contributed by atoms with Gasteiger partial charge in [-0.1, -0.05) is 38.3 Å². The normalized spacial score (nSPS) is 11.0. The third-order valence-electron chi connectivity index (χ3n) is 4.34. The average molecular weight is 452 g/mol. The van der Waals surface area contributed by atoms with E-state index in [1.807, 2.05) is 0 Å². The van der Waals surface area contributed by atoms with E-state index in [2.05, 4.69) is 22.9 Å². The van der Waals surface area contributed by atoms with Crippen LogP contribution >= 0.6 is 12.2 Å². The summed E-state index contributed by atoms with van der Waals surface area (Å²) in [5, 5.41) is 7.98. The minimum Gasteiger partial charge on any atom is -0.332 e. The lowest BCUT2D eigenvalue weighted by Gasteiger charge is -2.12. The van der Waals surface area contributed by atoms with Crippen molar-refractivity contribution in [3.05, 3.63) is 59.7 Å². The Morgan fingerprint density at radius 2 is 1.61 bits per heavy atom. The van der Waals surface area contributed by atoms with Crippen LogP contribution in [0.3, 0.4) is 0 Å². The van der Waals surface area contributed by atoms with Gasteiger partial charge in [0.25, 0.3) is 5.91 Å². The molecule has 0 fully saturated rings. The van der Waals surface area contributed by atoms with Gasteiger partial charge in [0.05, 0.1) is 5.56 Å². The van der Waals surface area contributed by atoms with Crippen molar-refractivity contribution in [3.8, 4) is 0 Å². The highest BCUT2D eigenvalue weighted by atomic mass is 32.1. The summed E-state index contributed by atoms with van der Waals surface area (Å²) in [5.74, 6) is -0.763. The maximum absolute atomic E-state index is 12.8. The zero-order chi connectivity index (χ0) is 22.9. The molecule has 0 aliphatic carbocycles. The van der Waals surface area contributed by atoms with Crippen LogP contribution in [0.1, 0.15) is 54.9 Å². The maximum Gasteiger partial charge on any atom is 0.416 e. The fraction of sp³-hybridized carbons (Fsp3) is 0.318. The number of carbonyl (C=O) groups is 2. The number of unbranched alkanes of at least 4 members (excludes halogenated alkanes) is 3. The van der Waals surface area contributed by atoms with Gasteiger partial charge in [-0.05, 0) is 55.0 Å². The number of hydrogen-bond donors (Lipinski definition) is 3. The fourth-order valence-corrected chi connectivity index (χ4v) is 3.01. The van der Waals surface area contributed by atoms with Crippen LogP contribution in [0.5, 0.6) is 0 Å². The van der Waals surface area contributed by atoms with Crippen molar-refractivity contribution in [1.29, 1.82) is 0 Å². The van der Waals surface area contributed by atoms with E-state index in [-0.39, 0.29) is 22.3 Å². The van der Waals surface area contributed by atoms with Crippen LogP contribution in [0.2, 0.25) is 0 Å². The molecule has 0 aliphatic heterocycles. The van der Waals surface area contributed by atoms with Gasteiger partial charge in [-0.2, -0.15) is 13.2 Å². The molecule has 0 heterocycles. The second-order valence-corrected chi connectivity index (χ2v) is 7.33. The van der Waals surface area contributed by atoms with Gasteiger partial charge in [0.1, 0.15) is 0 Å². The molecule has 2 aromatic rings. The second kappa shape index (κ2) is 11.5. The fourth-order valence-electron chi connectivity index (χ4n) is 2.78. The number of benzene rings is 2. The quantitative estimate of drug-likeness (QED) is 0.354. The van der Waals surface area contributed by atoms with Crippen LogP contribution in [-0.4, -0.2) is 16.9 Å². The Morgan fingerprint density at radius 1 is 0.935 bits per heavy atom. The number of carbonyl (C=O) groups excluding carboxylic acids is 2. The van der Waals surface area contributed by atoms with Gasteiger partial charge >= 0.3 is 6.18 Å². The number of amides is 2. The van der Waals surface area contributed by atoms with Crippen LogP contribution < -0.4 is 16.0 Å². The van der Waals surface area contributed by atoms with E-state index in [1.54, 1.807) is 12.1 Å². The number of anilines is 2. The first-order valence-electron chi connectivity index (χ1n) is 9.88. The molecule has 0 aliphatic rings. The summed E-state index contributed by atoms with van der Waals surface area (Å²) in [5.41, 5.74) is -0.135. The summed E-state index contributed by atoms with van der Waals surface area (Å²) in [6.45, 7) is 2.09. The van der Waals surface area contributed by atoms with Crippen LogP contribution in [0.15, 0.2) is 48.5 Å². The van der Waals surface area contributed by atoms with E-state index < -0.39 is 17.6 Å². The summed E-state index contributed by atoms with van der Waals surface area (Å²) in [6.07, 6.45) is -0.201. The van der Waals surface area contributed by atoms with Crippen molar-refractivity contribution >= 4 is 40.5 Å². The summed E-state index contributed by atoms with van der Waals surface area (Å²) in [4.78, 5) is 24.3. The van der Waals surface area contributed by atoms with Crippen LogP contribution in [-0.2, 0) is 11.0 Å². The van der Waals surface area contributed by atoms with E-state index in [1.165, 1.54) is 24.3 Å². The third kappa shape index (κ3) is 8.37. The van der Waals surface area contributed by atoms with Crippen LogP contribution in [0.25, 0.3) is 0 Å². The summed E-state index contributed by atoms with van der Waals surface area (Å²) in [6, 6.07) is 10.6. The number of nitrogens with one attached hydrogen (secondary N) is 3. The van der Waals surface area contributed by atoms with Gasteiger partial charge < -0.3 is 16.0 Å². The van der Waals surface area contributed by atoms with Gasteiger partial charge in [-0.25, -0.2) is 0 Å². The Balaban J connectivity index is 1.94. The zero-order valence-corrected chi connectivity index (χ0v) is 17.8. The molecule has 0 spiro atoms. The van der Waals surface area contributed by atoms with E-state index >= 15 is 0 Å². The van der Waals surface area contributed by atoms with E-state index in [0.29, 0.717) is 12.1 Å². The zero-order valence-electron chi connectivity index (χ0n) is 17.0. The van der Waals surface area contributed by atoms with Gasteiger partial charge in [0, 0.05) is 23.4 Å². The lowest BCUT2D eigenvalue weighted by Crippen LogP contribution is -2.34. The summed E-state index contributed by atoms with van der Waals surface area (Å²) in [7, 11) is 0. The van der Waals surface area contributed by atoms with E-state index in [4.69, 9.17) is 12.2 Å². The Kier molecular flexibility index (Phi) is 8.99. The summed E-state index contributed by atoms with van der Waals surface area (Å²) < 4.78 is 38.5. The monoisotopic (exact) mass is 451 g/mol. The van der Waals surface area contributed by atoms with Crippen molar-refractivity contribution in [3.63, 3.8) is 0 Å². The molecule has 31 heavy (non-hydrogen) atoms. The second-order valence-electron chi connectivity index (χ2n) is 6.93. The summed E-state index contributed by atoms with van der Waals surface area (Å²) >= 11 is 5.13. The lowest BCUT2D eigenvalue weighted by molar-refractivity contribution is -0.137. The number of hydrogen-bond acceptors (Lipinski definition) is 3. The topological polar surface area (TPSA) is 70.2 Å². The van der Waals surface area contributed by atoms with Gasteiger partial charge in [-0.15, -0.1) is 0 Å². The molecule has 0 saturated heterocycles. The molecule has 5 nitrogen and oxygen atoms in total. The molecule has 3 N–H and O–H groups in total. The Hall–Kier alpha value is -2.94. The number of alkyl halides is 3. The number of rotatable bonds is 8. The minimum atomic E-state index is -4.50. The molecule has 0 radical (unpaired) electrons. The van der Waals surface area contributed by atoms with Crippen molar-refractivity contribution in [2.75, 3.05) is 10.6 Å². The number of thiocarbonyl (C=S) groups is 1. The van der Waals surface area contributed by atoms with Crippen LogP contribution in [0.4, 0.5) is 24.5 Å². The van der Waals surface area contributed by atoms with Crippen molar-refractivity contribution in [2.45, 2.75) is 45.2 Å². The van der Waals surface area contributed by atoms with Crippen LogP contribution in [0, 0.1) is 0 Å². The molecule has 0 bridgehead atoms. The first kappa shape index (κ1) is 24.3. The molecule has 166 valence electrons. The Morgan fingerprint density at radius 3 is 2.29 bits per heavy atom. The molecule has 2 rings (SSSR count). The van der Waals surface area contributed by atoms with Crippen molar-refractivity contribution < 1.29 is 22.8 Å². The molecule has 0 aromatic heterocycles. The van der Waals surface area contributed by atoms with Gasteiger partial charge in [0.2, 0.25) is 5.91 Å². The minimum absolute atomic E-state index is 0.0315. The van der Waals surface area contributed by atoms with E-state index in [9.17, 15) is 22.8 Å². The third-order valence-corrected chi connectivity index (χ3v) is 4.54. The SMILES string of the molecule is CCCCCCC(=O)NC(=S)Nc1cccc(C(=O)Nc2cccc(C(F)(F)F)c2)c1. The molecule has 2 amide bonds. The smallest absolute Gasteiger partial charge is 0.332 e. The largest absolute Gasteiger partial charge is 0.416 e. The standard InChI is InChI=1S/C22H24F3N3O2S/c1-2-3-4-5-12-19(29)28-21(31)27-17-10-6-8-15(13-17)20(30)26-18-11-7-9-16(14-18)22(23,24)25/h6-11,13-14H,2-5,12H2,1H3,(H,26,30)(H2,27,28,29,31). The molecular formula is C22H24F3N3O2S. The first-order chi connectivity index (χ1) is 14.7. The van der Waals surface area contributed by atoms with Crippen molar-refractivity contribution in [2.24, 2.45) is 0 Å². The Bertz CT molecular complexity index is 932. The highest BCUT2D eigenvalue weighted by Crippen LogP contribution is 2.30. The maximum atomic E-state index is 12.8. The van der Waals surface area contributed by atoms with Crippen molar-refractivity contribution in [1.82, 2.24) is 5.32 Å². The van der Waals surface area contributed by atoms with Gasteiger partial charge in [-0.3, -0.25) is 9.59 Å². The highest BCUT2D eigenvalue weighted by Gasteiger charge is 2.30. The van der Waals surface area contributed by atoms with Gasteiger partial charge in [0.15, 0.2) is 5.11 Å². The number of halogens is 3. The molecule has 0 unspecified atom stereocenters. The first-order valence-corrected chi connectivity index (χ1v) is 10.3.